The number of benzene rings is 2. The Bertz CT molecular complexity index is 1200. The molecule has 3 nitrogen and oxygen atoms in total. The molecule has 32 heavy (non-hydrogen) atoms. The molecular weight excluding hydrogens is 399 g/mol. The third-order valence-corrected chi connectivity index (χ3v) is 7.23. The molecule has 0 bridgehead atoms. The van der Waals surface area contributed by atoms with E-state index < -0.39 is 0 Å². The zero-order chi connectivity index (χ0) is 22.1. The predicted octanol–water partition coefficient (Wildman–Crippen LogP) is 5.98. The van der Waals surface area contributed by atoms with Crippen LogP contribution in [0, 0.1) is 24.1 Å². The monoisotopic (exact) mass is 426 g/mol. The van der Waals surface area contributed by atoms with Crippen LogP contribution in [-0.2, 0) is 0 Å². The van der Waals surface area contributed by atoms with Crippen molar-refractivity contribution in [2.75, 3.05) is 0 Å². The van der Waals surface area contributed by atoms with Gasteiger partial charge in [-0.2, -0.15) is 0 Å². The Balaban J connectivity index is 1.21. The average molecular weight is 427 g/mol. The number of nitrogens with one attached hydrogen (secondary N) is 1. The number of pyridine rings is 1. The molecular formula is C28H27FN2O. The molecule has 1 N–H and O–H groups in total. The lowest BCUT2D eigenvalue weighted by Crippen LogP contribution is -2.38. The van der Waals surface area contributed by atoms with Crippen molar-refractivity contribution in [3.63, 3.8) is 0 Å². The molecule has 2 saturated carbocycles. The van der Waals surface area contributed by atoms with E-state index in [1.54, 1.807) is 18.2 Å². The minimum atomic E-state index is -0.209. The van der Waals surface area contributed by atoms with E-state index in [-0.39, 0.29) is 17.3 Å². The van der Waals surface area contributed by atoms with Gasteiger partial charge < -0.3 is 5.32 Å². The number of hydrogen-bond acceptors (Lipinski definition) is 2. The number of halogens is 1. The van der Waals surface area contributed by atoms with Gasteiger partial charge in [-0.05, 0) is 105 Å². The third-order valence-electron chi connectivity index (χ3n) is 7.23. The van der Waals surface area contributed by atoms with Gasteiger partial charge in [0, 0.05) is 28.2 Å². The van der Waals surface area contributed by atoms with Crippen LogP contribution in [0.3, 0.4) is 0 Å². The second-order valence-corrected chi connectivity index (χ2v) is 9.44. The van der Waals surface area contributed by atoms with Gasteiger partial charge in [-0.25, -0.2) is 4.39 Å². The van der Waals surface area contributed by atoms with Crippen molar-refractivity contribution in [1.82, 2.24) is 10.3 Å². The molecule has 1 amide bonds. The third kappa shape index (κ3) is 4.25. The number of carbonyl (C=O) groups excluding carboxylic acids is 1. The highest BCUT2D eigenvalue weighted by Gasteiger charge is 2.45. The van der Waals surface area contributed by atoms with Gasteiger partial charge in [0.25, 0.3) is 5.91 Å². The highest BCUT2D eigenvalue weighted by Crippen LogP contribution is 2.47. The van der Waals surface area contributed by atoms with E-state index >= 15 is 0 Å². The van der Waals surface area contributed by atoms with Crippen LogP contribution in [0.4, 0.5) is 4.39 Å². The van der Waals surface area contributed by atoms with E-state index in [1.165, 1.54) is 11.6 Å². The zero-order valence-corrected chi connectivity index (χ0v) is 18.1. The number of aromatic nitrogens is 1. The van der Waals surface area contributed by atoms with Crippen molar-refractivity contribution < 1.29 is 9.18 Å². The lowest BCUT2D eigenvalue weighted by atomic mass is 9.75. The summed E-state index contributed by atoms with van der Waals surface area (Å²) in [7, 11) is 0. The van der Waals surface area contributed by atoms with Gasteiger partial charge in [0.1, 0.15) is 5.82 Å². The number of rotatable bonds is 5. The van der Waals surface area contributed by atoms with Crippen LogP contribution in [-0.4, -0.2) is 16.4 Å². The average Bonchev–Trinajstić information content (AvgIpc) is 3.57. The van der Waals surface area contributed by atoms with Crippen molar-refractivity contribution in [1.29, 1.82) is 0 Å². The molecule has 2 aliphatic rings. The SMILES string of the molecule is C#Cc1cccc(C(=O)NC2(C[C@H]3CC[C@@H](c4ccnc5ccc(F)cc54)CC3)CC2)c1. The maximum atomic E-state index is 13.8. The molecule has 1 aromatic heterocycles. The number of fused-ring (bicyclic) bond motifs is 1. The van der Waals surface area contributed by atoms with Gasteiger partial charge in [0.15, 0.2) is 0 Å². The number of terminal acetylenes is 1. The molecule has 0 unspecified atom stereocenters. The van der Waals surface area contributed by atoms with Gasteiger partial charge in [-0.15, -0.1) is 6.42 Å². The first kappa shape index (κ1) is 20.7. The first-order valence-electron chi connectivity index (χ1n) is 11.5. The van der Waals surface area contributed by atoms with Crippen molar-refractivity contribution in [2.24, 2.45) is 5.92 Å². The number of nitrogens with zero attached hydrogens (tertiary/aromatic N) is 1. The quantitative estimate of drug-likeness (QED) is 0.510. The Labute approximate surface area is 188 Å². The van der Waals surface area contributed by atoms with Crippen LogP contribution in [0.1, 0.15) is 72.3 Å². The van der Waals surface area contributed by atoms with Gasteiger partial charge >= 0.3 is 0 Å². The Hall–Kier alpha value is -3.19. The van der Waals surface area contributed by atoms with Crippen molar-refractivity contribution in [2.45, 2.75) is 56.4 Å². The molecule has 0 atom stereocenters. The van der Waals surface area contributed by atoms with E-state index in [2.05, 4.69) is 22.3 Å². The second-order valence-electron chi connectivity index (χ2n) is 9.44. The maximum Gasteiger partial charge on any atom is 0.251 e. The van der Waals surface area contributed by atoms with Crippen LogP contribution < -0.4 is 5.32 Å². The first-order valence-corrected chi connectivity index (χ1v) is 11.5. The van der Waals surface area contributed by atoms with Crippen LogP contribution in [0.25, 0.3) is 10.9 Å². The Morgan fingerprint density at radius 2 is 1.94 bits per heavy atom. The summed E-state index contributed by atoms with van der Waals surface area (Å²) in [5, 5.41) is 4.24. The van der Waals surface area contributed by atoms with E-state index in [4.69, 9.17) is 6.42 Å². The minimum absolute atomic E-state index is 0.0291. The Kier molecular flexibility index (Phi) is 5.43. The molecule has 1 heterocycles. The molecule has 0 spiro atoms. The largest absolute Gasteiger partial charge is 0.347 e. The molecule has 2 aliphatic carbocycles. The van der Waals surface area contributed by atoms with Crippen LogP contribution in [0.5, 0.6) is 0 Å². The summed E-state index contributed by atoms with van der Waals surface area (Å²) in [5.41, 5.74) is 3.37. The summed E-state index contributed by atoms with van der Waals surface area (Å²) >= 11 is 0. The molecule has 3 aromatic rings. The lowest BCUT2D eigenvalue weighted by molar-refractivity contribution is 0.0921. The molecule has 5 rings (SSSR count). The standard InChI is InChI=1S/C28H27FN2O/c1-2-19-4-3-5-22(16-19)27(32)31-28(13-14-28)18-20-6-8-21(9-7-20)24-12-15-30-26-11-10-23(29)17-25(24)26/h1,3-5,10-12,15-17,20-21H,6-9,13-14,18H2,(H,31,32)/t20-,21+. The fourth-order valence-electron chi connectivity index (χ4n) is 5.32. The molecule has 4 heteroatoms. The van der Waals surface area contributed by atoms with E-state index in [0.717, 1.165) is 61.4 Å². The first-order chi connectivity index (χ1) is 15.5. The molecule has 162 valence electrons. The fraction of sp³-hybridized carbons (Fsp3) is 0.357. The number of carbonyl (C=O) groups is 1. The molecule has 2 aromatic carbocycles. The highest BCUT2D eigenvalue weighted by atomic mass is 19.1. The smallest absolute Gasteiger partial charge is 0.251 e. The summed E-state index contributed by atoms with van der Waals surface area (Å²) in [6.45, 7) is 0. The number of hydrogen-bond donors (Lipinski definition) is 1. The zero-order valence-electron chi connectivity index (χ0n) is 18.1. The van der Waals surface area contributed by atoms with Crippen molar-refractivity contribution in [3.8, 4) is 12.3 Å². The topological polar surface area (TPSA) is 42.0 Å². The number of amides is 1. The molecule has 0 saturated heterocycles. The van der Waals surface area contributed by atoms with Gasteiger partial charge in [0.05, 0.1) is 5.52 Å². The van der Waals surface area contributed by atoms with Gasteiger partial charge in [-0.1, -0.05) is 12.0 Å². The van der Waals surface area contributed by atoms with E-state index in [1.807, 2.05) is 24.4 Å². The van der Waals surface area contributed by atoms with E-state index in [9.17, 15) is 9.18 Å². The van der Waals surface area contributed by atoms with Crippen molar-refractivity contribution in [3.05, 3.63) is 77.2 Å². The molecule has 0 radical (unpaired) electrons. The summed E-state index contributed by atoms with van der Waals surface area (Å²) in [6.07, 6.45) is 14.9. The molecule has 0 aliphatic heterocycles. The summed E-state index contributed by atoms with van der Waals surface area (Å²) < 4.78 is 13.8. The van der Waals surface area contributed by atoms with Crippen LogP contribution in [0.15, 0.2) is 54.7 Å². The maximum absolute atomic E-state index is 13.8. The van der Waals surface area contributed by atoms with Gasteiger partial charge in [0.2, 0.25) is 0 Å². The molecule has 2 fully saturated rings. The fourth-order valence-corrected chi connectivity index (χ4v) is 5.32. The summed E-state index contributed by atoms with van der Waals surface area (Å²) in [4.78, 5) is 17.2. The minimum Gasteiger partial charge on any atom is -0.347 e. The second kappa shape index (κ2) is 8.39. The predicted molar refractivity (Wildman–Crippen MR) is 125 cm³/mol. The Morgan fingerprint density at radius 3 is 2.69 bits per heavy atom. The van der Waals surface area contributed by atoms with E-state index in [0.29, 0.717) is 17.4 Å². The van der Waals surface area contributed by atoms with Gasteiger partial charge in [-0.3, -0.25) is 9.78 Å². The highest BCUT2D eigenvalue weighted by molar-refractivity contribution is 5.95. The van der Waals surface area contributed by atoms with Crippen molar-refractivity contribution >= 4 is 16.8 Å². The van der Waals surface area contributed by atoms with Crippen LogP contribution >= 0.6 is 0 Å². The lowest BCUT2D eigenvalue weighted by Gasteiger charge is -2.32. The summed E-state index contributed by atoms with van der Waals surface area (Å²) in [5.74, 6) is 3.40. The van der Waals surface area contributed by atoms with Crippen LogP contribution in [0.2, 0.25) is 0 Å². The normalized spacial score (nSPS) is 21.6. The summed E-state index contributed by atoms with van der Waals surface area (Å²) in [6, 6.07) is 14.2. The Morgan fingerprint density at radius 1 is 1.12 bits per heavy atom.